The van der Waals surface area contributed by atoms with E-state index in [2.05, 4.69) is 25.6 Å². The fraction of sp³-hybridized carbons (Fsp3) is 0.250. The van der Waals surface area contributed by atoms with Crippen LogP contribution in [0, 0.1) is 12.7 Å². The highest BCUT2D eigenvalue weighted by atomic mass is 32.1. The molecule has 0 aliphatic heterocycles. The van der Waals surface area contributed by atoms with Crippen LogP contribution in [0.3, 0.4) is 0 Å². The molecule has 6 nitrogen and oxygen atoms in total. The van der Waals surface area contributed by atoms with Crippen LogP contribution in [0.15, 0.2) is 53.9 Å². The quantitative estimate of drug-likeness (QED) is 0.468. The molecular formula is C20H22FN5OS. The van der Waals surface area contributed by atoms with Crippen LogP contribution in [-0.2, 0) is 13.0 Å². The predicted octanol–water partition coefficient (Wildman–Crippen LogP) is 3.69. The molecule has 0 saturated heterocycles. The number of halogens is 1. The van der Waals surface area contributed by atoms with E-state index in [1.807, 2.05) is 19.2 Å². The molecule has 0 aliphatic carbocycles. The number of ether oxygens (including phenoxy) is 1. The Balaban J connectivity index is 1.49. The normalized spacial score (nSPS) is 11.3. The molecule has 2 heterocycles. The molecule has 2 N–H and O–H groups in total. The number of hydrogen-bond donors (Lipinski definition) is 2. The first-order chi connectivity index (χ1) is 13.6. The molecule has 0 amide bonds. The third kappa shape index (κ3) is 5.75. The molecule has 0 fully saturated rings. The largest absolute Gasteiger partial charge is 0.453 e. The number of nitrogens with zero attached hydrogens (tertiary/aromatic N) is 3. The van der Waals surface area contributed by atoms with Crippen molar-refractivity contribution in [2.45, 2.75) is 19.9 Å². The maximum Gasteiger partial charge on any atom is 0.191 e. The minimum atomic E-state index is -0.426. The van der Waals surface area contributed by atoms with E-state index < -0.39 is 5.82 Å². The van der Waals surface area contributed by atoms with Gasteiger partial charge in [0.25, 0.3) is 0 Å². The lowest BCUT2D eigenvalue weighted by Crippen LogP contribution is -2.37. The third-order valence-electron chi connectivity index (χ3n) is 3.84. The Kier molecular flexibility index (Phi) is 6.91. The lowest BCUT2D eigenvalue weighted by molar-refractivity contribution is 0.440. The van der Waals surface area contributed by atoms with E-state index in [0.717, 1.165) is 23.5 Å². The summed E-state index contributed by atoms with van der Waals surface area (Å²) < 4.78 is 19.8. The molecule has 28 heavy (non-hydrogen) atoms. The minimum absolute atomic E-state index is 0.165. The fourth-order valence-corrected chi connectivity index (χ4v) is 3.27. The Hall–Kier alpha value is -3.00. The van der Waals surface area contributed by atoms with Crippen LogP contribution < -0.4 is 15.4 Å². The Morgan fingerprint density at radius 1 is 1.25 bits per heavy atom. The van der Waals surface area contributed by atoms with Crippen LogP contribution >= 0.6 is 11.3 Å². The number of benzene rings is 1. The van der Waals surface area contributed by atoms with Crippen molar-refractivity contribution < 1.29 is 9.13 Å². The summed E-state index contributed by atoms with van der Waals surface area (Å²) in [5, 5.41) is 7.50. The number of aryl methyl sites for hydroxylation is 1. The van der Waals surface area contributed by atoms with E-state index in [0.29, 0.717) is 18.3 Å². The maximum absolute atomic E-state index is 14.3. The third-order valence-corrected chi connectivity index (χ3v) is 4.82. The van der Waals surface area contributed by atoms with Gasteiger partial charge in [-0.3, -0.25) is 9.98 Å². The summed E-state index contributed by atoms with van der Waals surface area (Å²) in [5.74, 6) is 0.889. The summed E-state index contributed by atoms with van der Waals surface area (Å²) in [6.07, 6.45) is 5.88. The van der Waals surface area contributed by atoms with Gasteiger partial charge < -0.3 is 15.4 Å². The monoisotopic (exact) mass is 399 g/mol. The van der Waals surface area contributed by atoms with Crippen LogP contribution in [0.25, 0.3) is 0 Å². The molecule has 1 aromatic carbocycles. The van der Waals surface area contributed by atoms with Gasteiger partial charge in [0.15, 0.2) is 17.5 Å². The second-order valence-corrected chi connectivity index (χ2v) is 7.34. The average Bonchev–Trinajstić information content (AvgIpc) is 3.12. The summed E-state index contributed by atoms with van der Waals surface area (Å²) in [5.41, 5.74) is 0.787. The van der Waals surface area contributed by atoms with Crippen molar-refractivity contribution in [1.82, 2.24) is 20.6 Å². The van der Waals surface area contributed by atoms with Gasteiger partial charge in [0, 0.05) is 43.8 Å². The van der Waals surface area contributed by atoms with Crippen molar-refractivity contribution >= 4 is 17.3 Å². The van der Waals surface area contributed by atoms with Crippen molar-refractivity contribution in [3.05, 3.63) is 70.2 Å². The standard InChI is InChI=1S/C20H22FN5OS/c1-14-11-25-19(28-14)7-9-24-20(22-2)26-12-15-5-6-18(17(21)10-15)27-16-4-3-8-23-13-16/h3-6,8,10-11,13H,7,9,12H2,1-2H3,(H2,22,24,26). The van der Waals surface area contributed by atoms with Gasteiger partial charge in [-0.2, -0.15) is 0 Å². The number of thiazole rings is 1. The molecule has 8 heteroatoms. The van der Waals surface area contributed by atoms with Crippen LogP contribution in [0.2, 0.25) is 0 Å². The van der Waals surface area contributed by atoms with Gasteiger partial charge in [-0.25, -0.2) is 9.37 Å². The molecule has 0 atom stereocenters. The highest BCUT2D eigenvalue weighted by Crippen LogP contribution is 2.24. The topological polar surface area (TPSA) is 71.4 Å². The molecule has 0 spiro atoms. The van der Waals surface area contributed by atoms with Crippen molar-refractivity contribution in [3.8, 4) is 11.5 Å². The molecular weight excluding hydrogens is 377 g/mol. The Bertz CT molecular complexity index is 929. The molecule has 0 saturated carbocycles. The van der Waals surface area contributed by atoms with E-state index in [1.54, 1.807) is 42.8 Å². The van der Waals surface area contributed by atoms with Gasteiger partial charge in [-0.05, 0) is 36.8 Å². The van der Waals surface area contributed by atoms with E-state index in [9.17, 15) is 4.39 Å². The number of guanidine groups is 1. The molecule has 2 aromatic heterocycles. The number of rotatable bonds is 7. The van der Waals surface area contributed by atoms with Gasteiger partial charge in [0.2, 0.25) is 0 Å². The number of nitrogens with one attached hydrogen (secondary N) is 2. The molecule has 3 rings (SSSR count). The van der Waals surface area contributed by atoms with Crippen molar-refractivity contribution in [2.75, 3.05) is 13.6 Å². The van der Waals surface area contributed by atoms with E-state index in [1.165, 1.54) is 17.1 Å². The Labute approximate surface area is 167 Å². The Morgan fingerprint density at radius 3 is 2.82 bits per heavy atom. The predicted molar refractivity (Wildman–Crippen MR) is 109 cm³/mol. The first kappa shape index (κ1) is 19.8. The second-order valence-electron chi connectivity index (χ2n) is 6.02. The first-order valence-electron chi connectivity index (χ1n) is 8.86. The zero-order valence-electron chi connectivity index (χ0n) is 15.8. The van der Waals surface area contributed by atoms with Gasteiger partial charge in [0.05, 0.1) is 11.2 Å². The highest BCUT2D eigenvalue weighted by molar-refractivity contribution is 7.11. The summed E-state index contributed by atoms with van der Waals surface area (Å²) >= 11 is 1.69. The van der Waals surface area contributed by atoms with Crippen LogP contribution in [0.4, 0.5) is 4.39 Å². The van der Waals surface area contributed by atoms with E-state index >= 15 is 0 Å². The lowest BCUT2D eigenvalue weighted by Gasteiger charge is -2.12. The SMILES string of the molecule is CN=C(NCCc1ncc(C)s1)NCc1ccc(Oc2cccnc2)c(F)c1. The molecule has 0 aliphatic rings. The summed E-state index contributed by atoms with van der Waals surface area (Å²) in [4.78, 5) is 13.7. The van der Waals surface area contributed by atoms with Gasteiger partial charge in [0.1, 0.15) is 5.75 Å². The average molecular weight is 399 g/mol. The smallest absolute Gasteiger partial charge is 0.191 e. The number of aliphatic imine (C=N–C) groups is 1. The zero-order chi connectivity index (χ0) is 19.8. The van der Waals surface area contributed by atoms with E-state index in [4.69, 9.17) is 4.74 Å². The summed E-state index contributed by atoms with van der Waals surface area (Å²) in [6, 6.07) is 8.34. The number of pyridine rings is 1. The van der Waals surface area contributed by atoms with Crippen LogP contribution in [-0.4, -0.2) is 29.5 Å². The number of aromatic nitrogens is 2. The van der Waals surface area contributed by atoms with Gasteiger partial charge in [-0.1, -0.05) is 6.07 Å². The van der Waals surface area contributed by atoms with Gasteiger partial charge in [-0.15, -0.1) is 11.3 Å². The molecule has 146 valence electrons. The van der Waals surface area contributed by atoms with Gasteiger partial charge >= 0.3 is 0 Å². The molecule has 0 bridgehead atoms. The lowest BCUT2D eigenvalue weighted by atomic mass is 10.2. The fourth-order valence-electron chi connectivity index (χ4n) is 2.48. The summed E-state index contributed by atoms with van der Waals surface area (Å²) in [6.45, 7) is 3.21. The molecule has 0 unspecified atom stereocenters. The first-order valence-corrected chi connectivity index (χ1v) is 9.68. The molecule has 0 radical (unpaired) electrons. The van der Waals surface area contributed by atoms with Crippen LogP contribution in [0.5, 0.6) is 11.5 Å². The second kappa shape index (κ2) is 9.80. The maximum atomic E-state index is 14.3. The Morgan fingerprint density at radius 2 is 2.14 bits per heavy atom. The number of hydrogen-bond acceptors (Lipinski definition) is 5. The van der Waals surface area contributed by atoms with Crippen molar-refractivity contribution in [1.29, 1.82) is 0 Å². The molecule has 3 aromatic rings. The van der Waals surface area contributed by atoms with Crippen LogP contribution in [0.1, 0.15) is 15.4 Å². The van der Waals surface area contributed by atoms with Crippen molar-refractivity contribution in [2.24, 2.45) is 4.99 Å². The summed E-state index contributed by atoms with van der Waals surface area (Å²) in [7, 11) is 1.70. The minimum Gasteiger partial charge on any atom is -0.453 e. The van der Waals surface area contributed by atoms with E-state index in [-0.39, 0.29) is 5.75 Å². The highest BCUT2D eigenvalue weighted by Gasteiger charge is 2.07. The van der Waals surface area contributed by atoms with Crippen molar-refractivity contribution in [3.63, 3.8) is 0 Å². The zero-order valence-corrected chi connectivity index (χ0v) is 16.6.